The van der Waals surface area contributed by atoms with Gasteiger partial charge in [-0.1, -0.05) is 18.6 Å². The van der Waals surface area contributed by atoms with Crippen LogP contribution in [0.2, 0.25) is 0 Å². The van der Waals surface area contributed by atoms with Gasteiger partial charge in [-0.3, -0.25) is 14.7 Å². The highest BCUT2D eigenvalue weighted by Crippen LogP contribution is 2.41. The van der Waals surface area contributed by atoms with Crippen LogP contribution in [0.25, 0.3) is 32.9 Å². The lowest BCUT2D eigenvalue weighted by atomic mass is 9.92. The van der Waals surface area contributed by atoms with E-state index in [1.54, 1.807) is 6.92 Å². The number of carbonyl (C=O) groups is 1. The lowest BCUT2D eigenvalue weighted by Gasteiger charge is -2.34. The quantitative estimate of drug-likeness (QED) is 0.188. The van der Waals surface area contributed by atoms with Crippen molar-refractivity contribution < 1.29 is 28.5 Å². The molecule has 7 rings (SSSR count). The molecule has 2 aromatic heterocycles. The predicted octanol–water partition coefficient (Wildman–Crippen LogP) is 4.84. The summed E-state index contributed by atoms with van der Waals surface area (Å²) in [6.07, 6.45) is 13.3. The van der Waals surface area contributed by atoms with Crippen molar-refractivity contribution in [3.63, 3.8) is 0 Å². The predicted molar refractivity (Wildman–Crippen MR) is 182 cm³/mol. The fourth-order valence-electron chi connectivity index (χ4n) is 7.86. The van der Waals surface area contributed by atoms with Gasteiger partial charge in [0, 0.05) is 30.2 Å². The number of hydrogen-bond acceptors (Lipinski definition) is 9. The Labute approximate surface area is 282 Å². The normalized spacial score (nSPS) is 22.1. The van der Waals surface area contributed by atoms with Gasteiger partial charge in [0.05, 0.1) is 28.1 Å². The Hall–Kier alpha value is -4.86. The summed E-state index contributed by atoms with van der Waals surface area (Å²) >= 11 is 0. The van der Waals surface area contributed by atoms with Crippen molar-refractivity contribution in [2.75, 3.05) is 37.7 Å². The van der Waals surface area contributed by atoms with E-state index in [2.05, 4.69) is 32.7 Å². The third kappa shape index (κ3) is 5.81. The van der Waals surface area contributed by atoms with Crippen molar-refractivity contribution in [3.8, 4) is 35.4 Å². The van der Waals surface area contributed by atoms with Gasteiger partial charge in [0.25, 0.3) is 0 Å². The molecule has 0 saturated carbocycles. The summed E-state index contributed by atoms with van der Waals surface area (Å²) in [5, 5.41) is 25.6. The number of nitrogens with zero attached hydrogens (tertiary/aromatic N) is 5. The maximum absolute atomic E-state index is 17.0. The monoisotopic (exact) mass is 668 g/mol. The van der Waals surface area contributed by atoms with Crippen LogP contribution in [0.3, 0.4) is 0 Å². The first-order chi connectivity index (χ1) is 23.5. The van der Waals surface area contributed by atoms with E-state index >= 15 is 4.39 Å². The Morgan fingerprint density at radius 1 is 1.18 bits per heavy atom. The average molecular weight is 669 g/mol. The van der Waals surface area contributed by atoms with Crippen LogP contribution in [0.5, 0.6) is 11.8 Å². The molecule has 12 heteroatoms. The fourth-order valence-corrected chi connectivity index (χ4v) is 7.86. The number of phenolic OH excluding ortho intramolecular Hbond substituents is 1. The van der Waals surface area contributed by atoms with Gasteiger partial charge in [0.2, 0.25) is 5.91 Å². The molecule has 3 fully saturated rings. The first kappa shape index (κ1) is 32.7. The molecule has 254 valence electrons. The molecule has 2 aromatic carbocycles. The smallest absolute Gasteiger partial charge is 0.319 e. The van der Waals surface area contributed by atoms with Crippen molar-refractivity contribution in [2.45, 2.75) is 62.6 Å². The zero-order valence-electron chi connectivity index (χ0n) is 27.3. The second-order valence-electron chi connectivity index (χ2n) is 13.6. The molecular formula is C37H38F2N6O4. The number of hydrogen-bond donors (Lipinski definition) is 3. The molecule has 49 heavy (non-hydrogen) atoms. The first-order valence-electron chi connectivity index (χ1n) is 16.6. The van der Waals surface area contributed by atoms with Crippen LogP contribution in [0.1, 0.15) is 51.0 Å². The highest BCUT2D eigenvalue weighted by atomic mass is 19.1. The molecule has 0 spiro atoms. The van der Waals surface area contributed by atoms with Crippen molar-refractivity contribution >= 4 is 33.4 Å². The number of benzene rings is 2. The van der Waals surface area contributed by atoms with Crippen LogP contribution in [0.4, 0.5) is 14.6 Å². The molecular weight excluding hydrogens is 630 g/mol. The Morgan fingerprint density at radius 2 is 1.94 bits per heavy atom. The molecule has 4 aromatic rings. The second-order valence-corrected chi connectivity index (χ2v) is 13.6. The summed E-state index contributed by atoms with van der Waals surface area (Å²) in [5.41, 5.74) is -1.61. The molecule has 0 radical (unpaired) electrons. The van der Waals surface area contributed by atoms with Crippen molar-refractivity contribution in [2.24, 2.45) is 0 Å². The Morgan fingerprint density at radius 3 is 2.67 bits per heavy atom. The number of carbonyl (C=O) groups excluding carboxylic acids is 1. The summed E-state index contributed by atoms with van der Waals surface area (Å²) in [5.74, 6) is 0.596. The maximum atomic E-state index is 17.0. The third-order valence-corrected chi connectivity index (χ3v) is 10.4. The highest BCUT2D eigenvalue weighted by molar-refractivity contribution is 6.03. The van der Waals surface area contributed by atoms with Crippen molar-refractivity contribution in [3.05, 3.63) is 60.3 Å². The van der Waals surface area contributed by atoms with E-state index in [1.807, 2.05) is 4.90 Å². The minimum atomic E-state index is -1.24. The molecule has 0 bridgehead atoms. The van der Waals surface area contributed by atoms with Crippen LogP contribution >= 0.6 is 0 Å². The first-order valence-corrected chi connectivity index (χ1v) is 16.6. The molecule has 2 atom stereocenters. The number of aromatic hydroxyl groups is 1. The number of phenols is 1. The topological polar surface area (TPSA) is 124 Å². The Balaban J connectivity index is 1.38. The summed E-state index contributed by atoms with van der Waals surface area (Å²) in [6, 6.07) is 4.67. The number of fused-ring (bicyclic) bond motifs is 3. The van der Waals surface area contributed by atoms with Gasteiger partial charge in [-0.25, -0.2) is 8.78 Å². The number of ether oxygens (including phenoxy) is 1. The molecule has 0 aliphatic carbocycles. The third-order valence-electron chi connectivity index (χ3n) is 10.4. The van der Waals surface area contributed by atoms with Crippen LogP contribution in [0.15, 0.2) is 43.1 Å². The molecule has 3 saturated heterocycles. The SMILES string of the molecule is C#Cc1c(F)ccc2cc(O)cc(-c3ncc4c(N5CCC[C@](C)(O)[C@@H](NC(=O)C=C)C5)nc(OCC56CCCN5CCC6)nc4c3F)c12. The average Bonchev–Trinajstić information content (AvgIpc) is 3.63. The zero-order chi connectivity index (χ0) is 34.5. The molecule has 0 unspecified atom stereocenters. The van der Waals surface area contributed by atoms with Gasteiger partial charge < -0.3 is 25.2 Å². The van der Waals surface area contributed by atoms with Crippen LogP contribution in [-0.2, 0) is 4.79 Å². The Kier molecular flexibility index (Phi) is 8.37. The standard InChI is InChI=1S/C37H38F2N6O4/c1-4-24-27(38)10-9-22-17-23(46)18-25(30(22)24)32-31(39)33-26(19-40-32)34(44-14-6-11-36(3,48)28(20-44)41-29(47)5-2)43-35(42-33)49-21-37-12-7-15-45(37)16-8-13-37/h1,5,9-10,17-19,28,46,48H,2,6-8,11-16,20-21H2,3H3,(H,41,47)/t28-,36-/m0/s1. The number of aliphatic hydroxyl groups is 1. The largest absolute Gasteiger partial charge is 0.508 e. The number of anilines is 1. The van der Waals surface area contributed by atoms with E-state index < -0.39 is 29.2 Å². The minimum Gasteiger partial charge on any atom is -0.508 e. The number of rotatable bonds is 7. The van der Waals surface area contributed by atoms with E-state index in [4.69, 9.17) is 16.1 Å². The molecule has 1 amide bonds. The number of halogens is 2. The number of nitrogens with one attached hydrogen (secondary N) is 1. The molecule has 3 aliphatic rings. The number of terminal acetylenes is 1. The second kappa shape index (κ2) is 12.5. The van der Waals surface area contributed by atoms with Crippen LogP contribution < -0.4 is 15.0 Å². The lowest BCUT2D eigenvalue weighted by molar-refractivity contribution is -0.119. The van der Waals surface area contributed by atoms with E-state index in [-0.39, 0.29) is 57.0 Å². The summed E-state index contributed by atoms with van der Waals surface area (Å²) < 4.78 is 38.2. The number of pyridine rings is 1. The summed E-state index contributed by atoms with van der Waals surface area (Å²) in [6.45, 7) is 8.14. The Bertz CT molecular complexity index is 2020. The molecule has 10 nitrogen and oxygen atoms in total. The molecule has 5 heterocycles. The van der Waals surface area contributed by atoms with Crippen molar-refractivity contribution in [1.82, 2.24) is 25.2 Å². The van der Waals surface area contributed by atoms with Crippen molar-refractivity contribution in [1.29, 1.82) is 0 Å². The number of amides is 1. The van der Waals surface area contributed by atoms with Gasteiger partial charge in [-0.15, -0.1) is 6.42 Å². The summed E-state index contributed by atoms with van der Waals surface area (Å²) in [4.78, 5) is 30.5. The lowest BCUT2D eigenvalue weighted by Crippen LogP contribution is -2.54. The highest BCUT2D eigenvalue weighted by Gasteiger charge is 2.45. The van der Waals surface area contributed by atoms with Gasteiger partial charge in [0.1, 0.15) is 35.2 Å². The van der Waals surface area contributed by atoms with E-state index in [1.165, 1.54) is 30.5 Å². The molecule has 3 N–H and O–H groups in total. The van der Waals surface area contributed by atoms with E-state index in [9.17, 15) is 19.4 Å². The maximum Gasteiger partial charge on any atom is 0.319 e. The van der Waals surface area contributed by atoms with Gasteiger partial charge in [-0.05, 0) is 88.2 Å². The van der Waals surface area contributed by atoms with Gasteiger partial charge >= 0.3 is 6.01 Å². The van der Waals surface area contributed by atoms with Crippen LogP contribution in [-0.4, -0.2) is 85.9 Å². The number of aromatic nitrogens is 3. The minimum absolute atomic E-state index is 0.0227. The van der Waals surface area contributed by atoms with Gasteiger partial charge in [0.15, 0.2) is 5.82 Å². The zero-order valence-corrected chi connectivity index (χ0v) is 27.3. The van der Waals surface area contributed by atoms with Crippen LogP contribution in [0, 0.1) is 24.0 Å². The van der Waals surface area contributed by atoms with Gasteiger partial charge in [-0.2, -0.15) is 9.97 Å². The van der Waals surface area contributed by atoms with E-state index in [0.717, 1.165) is 44.8 Å². The fraction of sp³-hybridized carbons (Fsp3) is 0.405. The molecule has 3 aliphatic heterocycles. The summed E-state index contributed by atoms with van der Waals surface area (Å²) in [7, 11) is 0. The van der Waals surface area contributed by atoms with E-state index in [0.29, 0.717) is 37.2 Å².